The summed E-state index contributed by atoms with van der Waals surface area (Å²) in [6, 6.07) is 8.03. The van der Waals surface area contributed by atoms with Gasteiger partial charge < -0.3 is 10.2 Å². The first kappa shape index (κ1) is 13.8. The average Bonchev–Trinajstić information content (AvgIpc) is 3.25. The number of fused-ring (bicyclic) bond motifs is 1. The van der Waals surface area contributed by atoms with E-state index in [1.165, 1.54) is 19.4 Å². The maximum Gasteiger partial charge on any atom is 0.272 e. The largest absolute Gasteiger partial charge is 0.348 e. The van der Waals surface area contributed by atoms with Crippen molar-refractivity contribution in [2.24, 2.45) is 5.92 Å². The van der Waals surface area contributed by atoms with E-state index in [1.807, 2.05) is 24.3 Å². The van der Waals surface area contributed by atoms with Crippen molar-refractivity contribution in [1.82, 2.24) is 20.4 Å². The van der Waals surface area contributed by atoms with E-state index in [-0.39, 0.29) is 11.9 Å². The van der Waals surface area contributed by atoms with E-state index in [1.54, 1.807) is 0 Å². The van der Waals surface area contributed by atoms with Crippen LogP contribution in [0.15, 0.2) is 24.3 Å². The minimum atomic E-state index is -0.0573. The van der Waals surface area contributed by atoms with Crippen LogP contribution in [-0.4, -0.2) is 46.7 Å². The Morgan fingerprint density at radius 3 is 2.77 bits per heavy atom. The van der Waals surface area contributed by atoms with E-state index in [4.69, 9.17) is 0 Å². The molecule has 1 saturated heterocycles. The lowest BCUT2D eigenvalue weighted by Crippen LogP contribution is -2.45. The number of carbonyl (C=O) groups is 1. The molecule has 5 nitrogen and oxygen atoms in total. The fourth-order valence-corrected chi connectivity index (χ4v) is 3.32. The minimum absolute atomic E-state index is 0.0573. The molecule has 2 heterocycles. The number of aromatic nitrogens is 2. The smallest absolute Gasteiger partial charge is 0.272 e. The molecule has 2 aromatic rings. The number of hydrogen-bond donors (Lipinski definition) is 2. The van der Waals surface area contributed by atoms with Crippen LogP contribution >= 0.6 is 0 Å². The molecule has 1 saturated carbocycles. The third-order valence-electron chi connectivity index (χ3n) is 4.82. The second-order valence-corrected chi connectivity index (χ2v) is 6.61. The van der Waals surface area contributed by atoms with Crippen LogP contribution in [0, 0.1) is 5.92 Å². The third-order valence-corrected chi connectivity index (χ3v) is 4.82. The predicted molar refractivity (Wildman–Crippen MR) is 85.7 cm³/mol. The molecule has 4 rings (SSSR count). The van der Waals surface area contributed by atoms with Gasteiger partial charge in [-0.15, -0.1) is 0 Å². The third kappa shape index (κ3) is 2.86. The maximum atomic E-state index is 12.5. The second kappa shape index (κ2) is 5.72. The number of amides is 1. The minimum Gasteiger partial charge on any atom is -0.348 e. The monoisotopic (exact) mass is 298 g/mol. The Hall–Kier alpha value is -1.88. The highest BCUT2D eigenvalue weighted by atomic mass is 16.2. The normalized spacial score (nSPS) is 20.4. The molecule has 2 aliphatic rings. The lowest BCUT2D eigenvalue weighted by Gasteiger charge is -2.32. The fraction of sp³-hybridized carbons (Fsp3) is 0.529. The topological polar surface area (TPSA) is 61.0 Å². The highest BCUT2D eigenvalue weighted by Gasteiger charge is 2.28. The van der Waals surface area contributed by atoms with Crippen LogP contribution in [0.4, 0.5) is 0 Å². The molecule has 2 fully saturated rings. The van der Waals surface area contributed by atoms with Crippen LogP contribution in [0.5, 0.6) is 0 Å². The molecule has 22 heavy (non-hydrogen) atoms. The summed E-state index contributed by atoms with van der Waals surface area (Å²) in [4.78, 5) is 15.0. The molecular weight excluding hydrogens is 276 g/mol. The summed E-state index contributed by atoms with van der Waals surface area (Å²) in [5, 5.41) is 11.1. The van der Waals surface area contributed by atoms with Gasteiger partial charge in [0, 0.05) is 31.1 Å². The van der Waals surface area contributed by atoms with Gasteiger partial charge in [0.25, 0.3) is 5.91 Å². The number of aromatic amines is 1. The molecule has 1 aromatic heterocycles. The van der Waals surface area contributed by atoms with Crippen LogP contribution in [0.3, 0.4) is 0 Å². The first-order chi connectivity index (χ1) is 10.8. The van der Waals surface area contributed by atoms with Gasteiger partial charge >= 0.3 is 0 Å². The lowest BCUT2D eigenvalue weighted by molar-refractivity contribution is 0.0906. The molecule has 0 spiro atoms. The number of likely N-dealkylation sites (tertiary alicyclic amines) is 1. The van der Waals surface area contributed by atoms with Crippen LogP contribution in [-0.2, 0) is 0 Å². The van der Waals surface area contributed by atoms with E-state index < -0.39 is 0 Å². The summed E-state index contributed by atoms with van der Waals surface area (Å²) in [6.07, 6.45) is 4.90. The zero-order chi connectivity index (χ0) is 14.9. The second-order valence-electron chi connectivity index (χ2n) is 6.61. The predicted octanol–water partition coefficient (Wildman–Crippen LogP) is 2.17. The van der Waals surface area contributed by atoms with Gasteiger partial charge in [-0.1, -0.05) is 18.2 Å². The summed E-state index contributed by atoms with van der Waals surface area (Å²) < 4.78 is 0. The molecule has 2 N–H and O–H groups in total. The standard InChI is InChI=1S/C17H22N4O/c22-17(16-14-3-1-2-4-15(14)19-20-16)18-13-7-9-21(10-8-13)11-12-5-6-12/h1-4,12-13H,5-11H2,(H,18,22)(H,19,20). The zero-order valence-corrected chi connectivity index (χ0v) is 12.7. The van der Waals surface area contributed by atoms with E-state index in [0.717, 1.165) is 42.8 Å². The number of piperidine rings is 1. The Kier molecular flexibility index (Phi) is 3.58. The molecule has 1 amide bonds. The molecule has 0 unspecified atom stereocenters. The van der Waals surface area contributed by atoms with Crippen LogP contribution < -0.4 is 5.32 Å². The Labute approximate surface area is 130 Å². The summed E-state index contributed by atoms with van der Waals surface area (Å²) in [5.41, 5.74) is 1.42. The van der Waals surface area contributed by atoms with Crippen molar-refractivity contribution in [2.45, 2.75) is 31.7 Å². The average molecular weight is 298 g/mol. The molecule has 5 heteroatoms. The number of H-pyrrole nitrogens is 1. The zero-order valence-electron chi connectivity index (χ0n) is 12.7. The first-order valence-electron chi connectivity index (χ1n) is 8.26. The van der Waals surface area contributed by atoms with Gasteiger partial charge in [0.2, 0.25) is 0 Å². The number of hydrogen-bond acceptors (Lipinski definition) is 3. The van der Waals surface area contributed by atoms with E-state index >= 15 is 0 Å². The number of rotatable bonds is 4. The van der Waals surface area contributed by atoms with Crippen molar-refractivity contribution in [1.29, 1.82) is 0 Å². The van der Waals surface area contributed by atoms with Crippen molar-refractivity contribution < 1.29 is 4.79 Å². The molecule has 1 aromatic carbocycles. The maximum absolute atomic E-state index is 12.5. The van der Waals surface area contributed by atoms with Gasteiger partial charge in [0.15, 0.2) is 5.69 Å². The van der Waals surface area contributed by atoms with Crippen LogP contribution in [0.25, 0.3) is 10.9 Å². The first-order valence-corrected chi connectivity index (χ1v) is 8.26. The summed E-state index contributed by atoms with van der Waals surface area (Å²) in [6.45, 7) is 3.45. The molecule has 1 aliphatic carbocycles. The molecule has 0 radical (unpaired) electrons. The van der Waals surface area contributed by atoms with Gasteiger partial charge in [0.05, 0.1) is 5.52 Å². The molecule has 1 aliphatic heterocycles. The molecule has 0 atom stereocenters. The number of benzene rings is 1. The van der Waals surface area contributed by atoms with Crippen molar-refractivity contribution in [3.05, 3.63) is 30.0 Å². The van der Waals surface area contributed by atoms with E-state index in [2.05, 4.69) is 20.4 Å². The summed E-state index contributed by atoms with van der Waals surface area (Å²) >= 11 is 0. The van der Waals surface area contributed by atoms with Crippen molar-refractivity contribution in [2.75, 3.05) is 19.6 Å². The quantitative estimate of drug-likeness (QED) is 0.909. The van der Waals surface area contributed by atoms with E-state index in [9.17, 15) is 4.79 Å². The van der Waals surface area contributed by atoms with E-state index in [0.29, 0.717) is 5.69 Å². The molecular formula is C17H22N4O. The van der Waals surface area contributed by atoms with Crippen molar-refractivity contribution in [3.63, 3.8) is 0 Å². The molecule has 0 bridgehead atoms. The number of nitrogens with zero attached hydrogens (tertiary/aromatic N) is 2. The number of nitrogens with one attached hydrogen (secondary N) is 2. The SMILES string of the molecule is O=C(NC1CCN(CC2CC2)CC1)c1n[nH]c2ccccc12. The Morgan fingerprint density at radius 2 is 2.00 bits per heavy atom. The Balaban J connectivity index is 1.36. The van der Waals surface area contributed by atoms with Gasteiger partial charge in [-0.05, 0) is 37.7 Å². The van der Waals surface area contributed by atoms with Crippen LogP contribution in [0.1, 0.15) is 36.2 Å². The van der Waals surface area contributed by atoms with Gasteiger partial charge in [-0.3, -0.25) is 9.89 Å². The van der Waals surface area contributed by atoms with Crippen LogP contribution in [0.2, 0.25) is 0 Å². The Bertz CT molecular complexity index is 668. The van der Waals surface area contributed by atoms with Gasteiger partial charge in [0.1, 0.15) is 0 Å². The molecule has 116 valence electrons. The van der Waals surface area contributed by atoms with Gasteiger partial charge in [-0.25, -0.2) is 0 Å². The fourth-order valence-electron chi connectivity index (χ4n) is 3.32. The summed E-state index contributed by atoms with van der Waals surface area (Å²) in [5.74, 6) is 0.889. The highest BCUT2D eigenvalue weighted by Crippen LogP contribution is 2.30. The van der Waals surface area contributed by atoms with Gasteiger partial charge in [-0.2, -0.15) is 5.10 Å². The van der Waals surface area contributed by atoms with Crippen molar-refractivity contribution in [3.8, 4) is 0 Å². The number of carbonyl (C=O) groups excluding carboxylic acids is 1. The highest BCUT2D eigenvalue weighted by molar-refractivity contribution is 6.04. The lowest BCUT2D eigenvalue weighted by atomic mass is 10.0. The number of para-hydroxylation sites is 1. The Morgan fingerprint density at radius 1 is 1.23 bits per heavy atom. The summed E-state index contributed by atoms with van der Waals surface area (Å²) in [7, 11) is 0. The van der Waals surface area contributed by atoms with Crippen molar-refractivity contribution >= 4 is 16.8 Å².